The smallest absolute Gasteiger partial charge is 0.371 e. The normalized spacial score (nSPS) is 22.8. The van der Waals surface area contributed by atoms with Crippen molar-refractivity contribution in [2.75, 3.05) is 26.3 Å². The van der Waals surface area contributed by atoms with Gasteiger partial charge >= 0.3 is 18.3 Å². The number of hydrogen-bond donors (Lipinski definition) is 0. The third-order valence-corrected chi connectivity index (χ3v) is 4.07. The van der Waals surface area contributed by atoms with Crippen LogP contribution in [0.1, 0.15) is 25.7 Å². The van der Waals surface area contributed by atoms with E-state index >= 15 is 0 Å². The Labute approximate surface area is 147 Å². The Kier molecular flexibility index (Phi) is 7.76. The van der Waals surface area contributed by atoms with Gasteiger partial charge in [-0.15, -0.1) is 0 Å². The zero-order valence-corrected chi connectivity index (χ0v) is 13.8. The quantitative estimate of drug-likeness (QED) is 0.422. The van der Waals surface area contributed by atoms with Crippen molar-refractivity contribution in [3.63, 3.8) is 0 Å². The molecule has 1 fully saturated rings. The lowest BCUT2D eigenvalue weighted by Gasteiger charge is -2.36. The minimum absolute atomic E-state index is 0.223. The fraction of sp³-hybridized carbons (Fsp3) is 1.00. The van der Waals surface area contributed by atoms with E-state index < -0.39 is 49.6 Å². The second kappa shape index (κ2) is 8.66. The fourth-order valence-electron chi connectivity index (χ4n) is 2.55. The van der Waals surface area contributed by atoms with Gasteiger partial charge in [-0.05, 0) is 12.8 Å². The molecule has 0 aromatic heterocycles. The first kappa shape index (κ1) is 24.2. The third kappa shape index (κ3) is 6.06. The molecule has 2 unspecified atom stereocenters. The van der Waals surface area contributed by atoms with Crippen LogP contribution in [-0.4, -0.2) is 67.6 Å². The van der Waals surface area contributed by atoms with Crippen molar-refractivity contribution in [3.05, 3.63) is 0 Å². The summed E-state index contributed by atoms with van der Waals surface area (Å²) < 4.78 is 146. The molecule has 1 aliphatic rings. The van der Waals surface area contributed by atoms with Crippen LogP contribution in [-0.2, 0) is 4.74 Å². The van der Waals surface area contributed by atoms with Gasteiger partial charge in [-0.3, -0.25) is 4.90 Å². The number of alkyl halides is 11. The number of rotatable bonds is 7. The zero-order valence-electron chi connectivity index (χ0n) is 13.8. The molecule has 0 N–H and O–H groups in total. The summed E-state index contributed by atoms with van der Waals surface area (Å²) in [6.45, 7) is -5.28. The standard InChI is InChI=1S/C14H18F11NO/c15-9(13(20,21)22)12(18,19)8-27-7-11(17,14(23,24)25)10(16)26-5-3-1-2-4-6-26/h9-10H,1-8H2/t9?,10-,11?/m1/s1. The van der Waals surface area contributed by atoms with Crippen molar-refractivity contribution in [2.24, 2.45) is 0 Å². The maximum atomic E-state index is 14.4. The minimum Gasteiger partial charge on any atom is -0.371 e. The van der Waals surface area contributed by atoms with Crippen LogP contribution in [0.2, 0.25) is 0 Å². The van der Waals surface area contributed by atoms with Crippen LogP contribution < -0.4 is 0 Å². The predicted molar refractivity (Wildman–Crippen MR) is 71.5 cm³/mol. The van der Waals surface area contributed by atoms with Gasteiger partial charge in [-0.1, -0.05) is 12.8 Å². The molecular weight excluding hydrogens is 407 g/mol. The Morgan fingerprint density at radius 1 is 0.741 bits per heavy atom. The number of ether oxygens (including phenoxy) is 1. The first-order chi connectivity index (χ1) is 12.1. The van der Waals surface area contributed by atoms with Crippen molar-refractivity contribution >= 4 is 0 Å². The largest absolute Gasteiger partial charge is 0.429 e. The van der Waals surface area contributed by atoms with Gasteiger partial charge in [0.15, 0.2) is 6.30 Å². The second-order valence-corrected chi connectivity index (χ2v) is 6.30. The monoisotopic (exact) mass is 425 g/mol. The average Bonchev–Trinajstić information content (AvgIpc) is 2.80. The van der Waals surface area contributed by atoms with Gasteiger partial charge in [0.2, 0.25) is 0 Å². The Balaban J connectivity index is 2.85. The van der Waals surface area contributed by atoms with Gasteiger partial charge in [0.25, 0.3) is 11.8 Å². The van der Waals surface area contributed by atoms with E-state index in [1.807, 2.05) is 0 Å². The SMILES string of the molecule is FC(C(F)(F)F)C(F)(F)COCC(F)([C@H](F)N1CCCCCC1)C(F)(F)F. The summed E-state index contributed by atoms with van der Waals surface area (Å²) in [6.07, 6.45) is -18.2. The van der Waals surface area contributed by atoms with Crippen LogP contribution in [0, 0.1) is 0 Å². The summed E-state index contributed by atoms with van der Waals surface area (Å²) in [4.78, 5) is 0.537. The highest BCUT2D eigenvalue weighted by Crippen LogP contribution is 2.41. The van der Waals surface area contributed by atoms with E-state index in [-0.39, 0.29) is 25.9 Å². The highest BCUT2D eigenvalue weighted by molar-refractivity contribution is 4.95. The van der Waals surface area contributed by atoms with Crippen LogP contribution in [0.5, 0.6) is 0 Å². The molecule has 0 amide bonds. The van der Waals surface area contributed by atoms with Crippen LogP contribution in [0.25, 0.3) is 0 Å². The molecule has 0 bridgehead atoms. The van der Waals surface area contributed by atoms with Crippen LogP contribution in [0.4, 0.5) is 48.3 Å². The molecule has 162 valence electrons. The molecule has 0 radical (unpaired) electrons. The Morgan fingerprint density at radius 3 is 1.63 bits per heavy atom. The van der Waals surface area contributed by atoms with Crippen molar-refractivity contribution in [3.8, 4) is 0 Å². The maximum Gasteiger partial charge on any atom is 0.429 e. The first-order valence-corrected chi connectivity index (χ1v) is 7.93. The lowest BCUT2D eigenvalue weighted by molar-refractivity contribution is -0.294. The zero-order chi connectivity index (χ0) is 21.1. The summed E-state index contributed by atoms with van der Waals surface area (Å²) in [5.41, 5.74) is -4.77. The topological polar surface area (TPSA) is 12.5 Å². The summed E-state index contributed by atoms with van der Waals surface area (Å²) in [7, 11) is 0. The number of likely N-dealkylation sites (tertiary alicyclic amines) is 1. The Bertz CT molecular complexity index is 459. The first-order valence-electron chi connectivity index (χ1n) is 7.93. The molecular formula is C14H18F11NO. The average molecular weight is 425 g/mol. The van der Waals surface area contributed by atoms with Gasteiger partial charge in [0, 0.05) is 13.1 Å². The van der Waals surface area contributed by atoms with E-state index in [1.165, 1.54) is 0 Å². The van der Waals surface area contributed by atoms with Gasteiger partial charge < -0.3 is 4.74 Å². The lowest BCUT2D eigenvalue weighted by atomic mass is 10.0. The van der Waals surface area contributed by atoms with Gasteiger partial charge in [-0.25, -0.2) is 22.0 Å². The summed E-state index contributed by atoms with van der Waals surface area (Å²) in [5, 5.41) is 0. The number of nitrogens with zero attached hydrogens (tertiary/aromatic N) is 1. The molecule has 0 aromatic carbocycles. The molecule has 0 spiro atoms. The molecule has 0 saturated carbocycles. The molecule has 13 heteroatoms. The highest BCUT2D eigenvalue weighted by atomic mass is 19.4. The van der Waals surface area contributed by atoms with E-state index in [0.717, 1.165) is 0 Å². The fourth-order valence-corrected chi connectivity index (χ4v) is 2.55. The van der Waals surface area contributed by atoms with Crippen molar-refractivity contribution in [2.45, 2.75) is 62.1 Å². The summed E-state index contributed by atoms with van der Waals surface area (Å²) in [6, 6.07) is 0. The molecule has 1 saturated heterocycles. The summed E-state index contributed by atoms with van der Waals surface area (Å²) in [5.74, 6) is -5.26. The molecule has 0 aliphatic carbocycles. The molecule has 0 aromatic rings. The van der Waals surface area contributed by atoms with Gasteiger partial charge in [-0.2, -0.15) is 26.3 Å². The van der Waals surface area contributed by atoms with Crippen LogP contribution in [0.15, 0.2) is 0 Å². The van der Waals surface area contributed by atoms with Crippen molar-refractivity contribution in [1.29, 1.82) is 0 Å². The predicted octanol–water partition coefficient (Wildman–Crippen LogP) is 4.98. The van der Waals surface area contributed by atoms with E-state index in [4.69, 9.17) is 0 Å². The molecule has 1 rings (SSSR count). The minimum atomic E-state index is -6.00. The lowest BCUT2D eigenvalue weighted by Crippen LogP contribution is -2.59. The summed E-state index contributed by atoms with van der Waals surface area (Å²) >= 11 is 0. The molecule has 1 heterocycles. The van der Waals surface area contributed by atoms with Crippen molar-refractivity contribution < 1.29 is 53.0 Å². The van der Waals surface area contributed by atoms with Crippen LogP contribution >= 0.6 is 0 Å². The van der Waals surface area contributed by atoms with E-state index in [2.05, 4.69) is 4.74 Å². The molecule has 3 atom stereocenters. The van der Waals surface area contributed by atoms with E-state index in [1.54, 1.807) is 0 Å². The van der Waals surface area contributed by atoms with Crippen molar-refractivity contribution in [1.82, 2.24) is 4.90 Å². The molecule has 1 aliphatic heterocycles. The number of halogens is 11. The maximum absolute atomic E-state index is 14.4. The third-order valence-electron chi connectivity index (χ3n) is 4.07. The molecule has 2 nitrogen and oxygen atoms in total. The number of hydrogen-bond acceptors (Lipinski definition) is 2. The van der Waals surface area contributed by atoms with Crippen LogP contribution in [0.3, 0.4) is 0 Å². The van der Waals surface area contributed by atoms with E-state index in [9.17, 15) is 48.3 Å². The molecule has 27 heavy (non-hydrogen) atoms. The van der Waals surface area contributed by atoms with Gasteiger partial charge in [0.05, 0.1) is 6.61 Å². The van der Waals surface area contributed by atoms with Gasteiger partial charge in [0.1, 0.15) is 6.61 Å². The Hall–Kier alpha value is -0.850. The van der Waals surface area contributed by atoms with E-state index in [0.29, 0.717) is 17.7 Å². The second-order valence-electron chi connectivity index (χ2n) is 6.30. The Morgan fingerprint density at radius 2 is 1.22 bits per heavy atom. The highest BCUT2D eigenvalue weighted by Gasteiger charge is 2.64.